The zero-order valence-electron chi connectivity index (χ0n) is 25.0. The third kappa shape index (κ3) is 6.25. The Kier molecular flexibility index (Phi) is 8.26. The highest BCUT2D eigenvalue weighted by Crippen LogP contribution is 2.27. The van der Waals surface area contributed by atoms with E-state index in [-0.39, 0.29) is 44.9 Å². The molecule has 0 radical (unpaired) electrons. The number of ether oxygens (including phenoxy) is 4. The van der Waals surface area contributed by atoms with Crippen LogP contribution in [0.25, 0.3) is 32.7 Å². The lowest BCUT2D eigenvalue weighted by atomic mass is 10.1. The molecule has 1 aliphatic heterocycles. The van der Waals surface area contributed by atoms with Crippen molar-refractivity contribution in [2.24, 2.45) is 0 Å². The first-order valence-electron chi connectivity index (χ1n) is 15.3. The number of aromatic nitrogens is 3. The molecule has 0 aliphatic carbocycles. The van der Waals surface area contributed by atoms with Gasteiger partial charge in [-0.05, 0) is 34.9 Å². The number of rotatable bonds is 11. The van der Waals surface area contributed by atoms with Gasteiger partial charge in [-0.25, -0.2) is 0 Å². The van der Waals surface area contributed by atoms with Crippen molar-refractivity contribution in [3.8, 4) is 0 Å². The Morgan fingerprint density at radius 1 is 0.630 bits per heavy atom. The van der Waals surface area contributed by atoms with Crippen LogP contribution in [0.2, 0.25) is 0 Å². The molecule has 46 heavy (non-hydrogen) atoms. The van der Waals surface area contributed by atoms with E-state index in [1.54, 1.807) is 12.4 Å². The first-order valence-corrected chi connectivity index (χ1v) is 15.3. The maximum absolute atomic E-state index is 13.2. The standard InChI is InChI=1S/C36H33N3O7/c40-33(15-22-18-37-28-10-4-1-7-25(22)28)43-14-13-31-36(46-35(42)17-24-20-39-30-12-6-3-9-27(24)30)32(21-44-31)45-34(41)16-23-19-38-29-11-5-2-8-26(23)29/h1-12,18-20,31-32,36-39H,13-17,21H2/t31-,32+,36+/m1/s1. The summed E-state index contributed by atoms with van der Waals surface area (Å²) in [6, 6.07) is 23.2. The number of benzene rings is 3. The number of aromatic amines is 3. The quantitative estimate of drug-likeness (QED) is 0.132. The molecule has 1 fully saturated rings. The summed E-state index contributed by atoms with van der Waals surface area (Å²) in [4.78, 5) is 48.5. The van der Waals surface area contributed by atoms with Gasteiger partial charge in [-0.2, -0.15) is 0 Å². The van der Waals surface area contributed by atoms with Gasteiger partial charge in [0.25, 0.3) is 0 Å². The minimum Gasteiger partial charge on any atom is -0.465 e. The molecule has 6 aromatic rings. The summed E-state index contributed by atoms with van der Waals surface area (Å²) in [6.45, 7) is 0.108. The number of esters is 3. The molecule has 7 rings (SSSR count). The Morgan fingerprint density at radius 2 is 1.09 bits per heavy atom. The zero-order valence-corrected chi connectivity index (χ0v) is 25.0. The Hall–Kier alpha value is -5.35. The first kappa shape index (κ1) is 29.4. The van der Waals surface area contributed by atoms with Crippen LogP contribution < -0.4 is 0 Å². The highest BCUT2D eigenvalue weighted by atomic mass is 16.6. The highest BCUT2D eigenvalue weighted by Gasteiger charge is 2.43. The number of hydrogen-bond acceptors (Lipinski definition) is 7. The van der Waals surface area contributed by atoms with Gasteiger partial charge in [0, 0.05) is 57.7 Å². The molecule has 3 atom stereocenters. The summed E-state index contributed by atoms with van der Waals surface area (Å²) in [5.74, 6) is -1.31. The maximum Gasteiger partial charge on any atom is 0.310 e. The minimum atomic E-state index is -0.864. The summed E-state index contributed by atoms with van der Waals surface area (Å²) in [5.41, 5.74) is 5.27. The SMILES string of the molecule is O=C(Cc1c[nH]c2ccccc12)OCC[C@H]1OC[C@H](OC(=O)Cc2c[nH]c3ccccc23)[C@H]1OC(=O)Cc1c[nH]c2ccccc12. The van der Waals surface area contributed by atoms with Crippen molar-refractivity contribution in [1.29, 1.82) is 0 Å². The fourth-order valence-corrected chi connectivity index (χ4v) is 6.19. The molecule has 1 saturated heterocycles. The van der Waals surface area contributed by atoms with Gasteiger partial charge in [0.1, 0.15) is 6.10 Å². The van der Waals surface area contributed by atoms with Crippen molar-refractivity contribution in [1.82, 2.24) is 15.0 Å². The molecular formula is C36H33N3O7. The maximum atomic E-state index is 13.2. The summed E-state index contributed by atoms with van der Waals surface area (Å²) in [5, 5.41) is 2.84. The molecule has 0 spiro atoms. The Labute approximate surface area is 264 Å². The van der Waals surface area contributed by atoms with Gasteiger partial charge in [0.05, 0.1) is 32.5 Å². The topological polar surface area (TPSA) is 136 Å². The van der Waals surface area contributed by atoms with Gasteiger partial charge in [-0.15, -0.1) is 0 Å². The summed E-state index contributed by atoms with van der Waals surface area (Å²) < 4.78 is 23.3. The van der Waals surface area contributed by atoms with Crippen molar-refractivity contribution in [3.05, 3.63) is 108 Å². The Balaban J connectivity index is 1.00. The molecule has 234 valence electrons. The number of nitrogens with one attached hydrogen (secondary N) is 3. The number of fused-ring (bicyclic) bond motifs is 3. The number of carbonyl (C=O) groups is 3. The zero-order chi connectivity index (χ0) is 31.5. The van der Waals surface area contributed by atoms with Gasteiger partial charge >= 0.3 is 17.9 Å². The van der Waals surface area contributed by atoms with Gasteiger partial charge in [0.2, 0.25) is 0 Å². The van der Waals surface area contributed by atoms with Crippen molar-refractivity contribution < 1.29 is 33.3 Å². The van der Waals surface area contributed by atoms with Crippen LogP contribution in [0.4, 0.5) is 0 Å². The second kappa shape index (κ2) is 12.9. The molecule has 10 nitrogen and oxygen atoms in total. The summed E-state index contributed by atoms with van der Waals surface area (Å²) in [7, 11) is 0. The third-order valence-electron chi connectivity index (χ3n) is 8.45. The molecule has 3 N–H and O–H groups in total. The Morgan fingerprint density at radius 3 is 1.61 bits per heavy atom. The summed E-state index contributed by atoms with van der Waals surface area (Å²) >= 11 is 0. The molecule has 1 aliphatic rings. The van der Waals surface area contributed by atoms with E-state index in [4.69, 9.17) is 18.9 Å². The lowest BCUT2D eigenvalue weighted by Crippen LogP contribution is -2.39. The van der Waals surface area contributed by atoms with E-state index in [2.05, 4.69) is 15.0 Å². The summed E-state index contributed by atoms with van der Waals surface area (Å²) in [6.07, 6.45) is 3.56. The predicted octanol–water partition coefficient (Wildman–Crippen LogP) is 5.31. The monoisotopic (exact) mass is 619 g/mol. The predicted molar refractivity (Wildman–Crippen MR) is 171 cm³/mol. The lowest BCUT2D eigenvalue weighted by molar-refractivity contribution is -0.165. The fourth-order valence-electron chi connectivity index (χ4n) is 6.19. The molecule has 10 heteroatoms. The number of para-hydroxylation sites is 3. The number of H-pyrrole nitrogens is 3. The van der Waals surface area contributed by atoms with Gasteiger partial charge in [-0.1, -0.05) is 54.6 Å². The van der Waals surface area contributed by atoms with Gasteiger partial charge in [0.15, 0.2) is 12.2 Å². The molecular weight excluding hydrogens is 586 g/mol. The van der Waals surface area contributed by atoms with Crippen molar-refractivity contribution in [3.63, 3.8) is 0 Å². The lowest BCUT2D eigenvalue weighted by Gasteiger charge is -2.23. The van der Waals surface area contributed by atoms with Crippen LogP contribution in [0.1, 0.15) is 23.1 Å². The minimum absolute atomic E-state index is 0.0306. The van der Waals surface area contributed by atoms with E-state index < -0.39 is 30.3 Å². The third-order valence-corrected chi connectivity index (χ3v) is 8.45. The molecule has 0 bridgehead atoms. The van der Waals surface area contributed by atoms with Crippen molar-refractivity contribution in [2.45, 2.75) is 44.0 Å². The molecule has 0 amide bonds. The second-order valence-corrected chi connectivity index (χ2v) is 11.5. The van der Waals surface area contributed by atoms with Crippen LogP contribution in [0.5, 0.6) is 0 Å². The first-order chi connectivity index (χ1) is 22.5. The van der Waals surface area contributed by atoms with Crippen LogP contribution in [0, 0.1) is 0 Å². The van der Waals surface area contributed by atoms with Crippen LogP contribution in [-0.2, 0) is 52.6 Å². The highest BCUT2D eigenvalue weighted by molar-refractivity contribution is 5.89. The molecule has 3 aromatic carbocycles. The van der Waals surface area contributed by atoms with Gasteiger partial charge < -0.3 is 33.9 Å². The van der Waals surface area contributed by atoms with Crippen LogP contribution >= 0.6 is 0 Å². The van der Waals surface area contributed by atoms with E-state index in [0.717, 1.165) is 49.4 Å². The average Bonchev–Trinajstić information content (AvgIpc) is 3.85. The van der Waals surface area contributed by atoms with E-state index in [0.29, 0.717) is 0 Å². The van der Waals surface area contributed by atoms with Gasteiger partial charge in [-0.3, -0.25) is 14.4 Å². The van der Waals surface area contributed by atoms with Crippen LogP contribution in [-0.4, -0.2) is 64.4 Å². The normalized spacial score (nSPS) is 17.9. The van der Waals surface area contributed by atoms with E-state index in [1.165, 1.54) is 0 Å². The van der Waals surface area contributed by atoms with E-state index in [9.17, 15) is 14.4 Å². The average molecular weight is 620 g/mol. The second-order valence-electron chi connectivity index (χ2n) is 11.5. The number of hydrogen-bond donors (Lipinski definition) is 3. The van der Waals surface area contributed by atoms with E-state index in [1.807, 2.05) is 79.0 Å². The number of carbonyl (C=O) groups excluding carboxylic acids is 3. The Bertz CT molecular complexity index is 2020. The van der Waals surface area contributed by atoms with Crippen LogP contribution in [0.15, 0.2) is 91.4 Å². The molecule has 0 saturated carbocycles. The molecule has 3 aromatic heterocycles. The molecule has 4 heterocycles. The largest absolute Gasteiger partial charge is 0.465 e. The van der Waals surface area contributed by atoms with E-state index >= 15 is 0 Å². The smallest absolute Gasteiger partial charge is 0.310 e. The fraction of sp³-hybridized carbons (Fsp3) is 0.250. The van der Waals surface area contributed by atoms with Crippen molar-refractivity contribution in [2.75, 3.05) is 13.2 Å². The molecule has 0 unspecified atom stereocenters. The van der Waals surface area contributed by atoms with Crippen LogP contribution in [0.3, 0.4) is 0 Å². The van der Waals surface area contributed by atoms with Crippen molar-refractivity contribution >= 4 is 50.6 Å².